The molecule has 2 heterocycles. The molecule has 1 N–H and O–H groups in total. The zero-order valence-corrected chi connectivity index (χ0v) is 17.6. The van der Waals surface area contributed by atoms with Crippen LogP contribution in [-0.2, 0) is 17.4 Å². The number of hydrogen-bond donors (Lipinski definition) is 1. The van der Waals surface area contributed by atoms with E-state index in [4.69, 9.17) is 11.6 Å². The van der Waals surface area contributed by atoms with Crippen LogP contribution < -0.4 is 15.1 Å². The fourth-order valence-corrected chi connectivity index (χ4v) is 4.93. The number of nitrogens with one attached hydrogen (secondary N) is 1. The van der Waals surface area contributed by atoms with Gasteiger partial charge in [-0.15, -0.1) is 0 Å². The summed E-state index contributed by atoms with van der Waals surface area (Å²) in [5.74, 6) is -0.466. The molecular weight excluding hydrogens is 427 g/mol. The average molecular weight is 450 g/mol. The lowest BCUT2D eigenvalue weighted by atomic mass is 9.82. The van der Waals surface area contributed by atoms with Gasteiger partial charge >= 0.3 is 6.18 Å². The third kappa shape index (κ3) is 4.07. The zero-order valence-electron chi connectivity index (χ0n) is 16.8. The average Bonchev–Trinajstić information content (AvgIpc) is 3.55. The summed E-state index contributed by atoms with van der Waals surface area (Å²) in [6.45, 7) is 1.95. The van der Waals surface area contributed by atoms with Crippen molar-refractivity contribution in [2.45, 2.75) is 37.5 Å². The number of fused-ring (bicyclic) bond motifs is 3. The summed E-state index contributed by atoms with van der Waals surface area (Å²) < 4.78 is 39.9. The van der Waals surface area contributed by atoms with Crippen LogP contribution in [0.4, 0.5) is 24.5 Å². The van der Waals surface area contributed by atoms with Gasteiger partial charge in [-0.1, -0.05) is 17.7 Å². The summed E-state index contributed by atoms with van der Waals surface area (Å²) in [6, 6.07) is 11.6. The molecule has 3 aliphatic rings. The minimum absolute atomic E-state index is 0.0616. The predicted octanol–water partition coefficient (Wildman–Crippen LogP) is 4.50. The monoisotopic (exact) mass is 449 g/mol. The fraction of sp³-hybridized carbons (Fsp3) is 0.435. The molecule has 5 rings (SSSR count). The van der Waals surface area contributed by atoms with Crippen LogP contribution in [0.3, 0.4) is 0 Å². The first-order chi connectivity index (χ1) is 14.8. The predicted molar refractivity (Wildman–Crippen MR) is 115 cm³/mol. The maximum Gasteiger partial charge on any atom is 0.416 e. The van der Waals surface area contributed by atoms with Crippen molar-refractivity contribution < 1.29 is 18.0 Å². The molecule has 0 unspecified atom stereocenters. The lowest BCUT2D eigenvalue weighted by molar-refractivity contribution is -0.137. The van der Waals surface area contributed by atoms with Crippen molar-refractivity contribution >= 4 is 28.9 Å². The third-order valence-electron chi connectivity index (χ3n) is 6.47. The maximum absolute atomic E-state index is 13.3. The largest absolute Gasteiger partial charge is 0.416 e. The Hall–Kier alpha value is -2.41. The first-order valence-electron chi connectivity index (χ1n) is 10.6. The SMILES string of the molecule is O=C(NC1CC1)[C@H]1Cc2cc(C(F)(F)F)ccc2N2CCN(c3cccc(Cl)c3)C[C@H]12. The molecule has 2 aliphatic heterocycles. The molecule has 2 aromatic rings. The summed E-state index contributed by atoms with van der Waals surface area (Å²) in [5, 5.41) is 3.72. The molecule has 1 saturated carbocycles. The zero-order chi connectivity index (χ0) is 21.8. The first kappa shape index (κ1) is 20.5. The fourth-order valence-electron chi connectivity index (χ4n) is 4.74. The minimum Gasteiger partial charge on any atom is -0.368 e. The van der Waals surface area contributed by atoms with Crippen molar-refractivity contribution in [2.24, 2.45) is 5.92 Å². The van der Waals surface area contributed by atoms with Gasteiger partial charge in [-0.05, 0) is 61.2 Å². The highest BCUT2D eigenvalue weighted by Gasteiger charge is 2.43. The van der Waals surface area contributed by atoms with Crippen LogP contribution in [0, 0.1) is 5.92 Å². The van der Waals surface area contributed by atoms with E-state index in [-0.39, 0.29) is 18.0 Å². The van der Waals surface area contributed by atoms with E-state index < -0.39 is 17.7 Å². The Labute approximate surface area is 184 Å². The van der Waals surface area contributed by atoms with E-state index in [2.05, 4.69) is 15.1 Å². The Morgan fingerprint density at radius 1 is 1.10 bits per heavy atom. The second kappa shape index (κ2) is 7.62. The normalized spacial score (nSPS) is 23.2. The number of piperazine rings is 1. The summed E-state index contributed by atoms with van der Waals surface area (Å²) in [4.78, 5) is 17.4. The van der Waals surface area contributed by atoms with E-state index in [0.717, 1.165) is 30.3 Å². The van der Waals surface area contributed by atoms with Crippen LogP contribution in [0.1, 0.15) is 24.0 Å². The number of nitrogens with zero attached hydrogens (tertiary/aromatic N) is 2. The van der Waals surface area contributed by atoms with Gasteiger partial charge in [0.05, 0.1) is 17.5 Å². The smallest absolute Gasteiger partial charge is 0.368 e. The van der Waals surface area contributed by atoms with Gasteiger partial charge in [0, 0.05) is 42.1 Å². The molecule has 1 saturated heterocycles. The van der Waals surface area contributed by atoms with E-state index in [0.29, 0.717) is 36.6 Å². The number of alkyl halides is 3. The van der Waals surface area contributed by atoms with E-state index in [9.17, 15) is 18.0 Å². The molecule has 2 fully saturated rings. The van der Waals surface area contributed by atoms with E-state index in [1.807, 2.05) is 24.3 Å². The van der Waals surface area contributed by atoms with Crippen molar-refractivity contribution in [1.29, 1.82) is 0 Å². The minimum atomic E-state index is -4.40. The molecule has 164 valence electrons. The molecule has 8 heteroatoms. The molecule has 1 aliphatic carbocycles. The number of hydrogen-bond acceptors (Lipinski definition) is 3. The van der Waals surface area contributed by atoms with Gasteiger partial charge in [-0.25, -0.2) is 0 Å². The maximum atomic E-state index is 13.3. The summed E-state index contributed by atoms with van der Waals surface area (Å²) in [7, 11) is 0. The number of benzene rings is 2. The molecular formula is C23H23ClF3N3O. The van der Waals surface area contributed by atoms with Crippen LogP contribution in [0.15, 0.2) is 42.5 Å². The topological polar surface area (TPSA) is 35.6 Å². The first-order valence-corrected chi connectivity index (χ1v) is 10.9. The van der Waals surface area contributed by atoms with Crippen LogP contribution in [0.2, 0.25) is 5.02 Å². The third-order valence-corrected chi connectivity index (χ3v) is 6.71. The van der Waals surface area contributed by atoms with Crippen molar-refractivity contribution in [3.05, 3.63) is 58.6 Å². The highest BCUT2D eigenvalue weighted by Crippen LogP contribution is 2.40. The standard InChI is InChI=1S/C23H23ClF3N3O/c24-16-2-1-3-18(12-16)29-8-9-30-20-7-4-15(23(25,26)27)10-14(20)11-19(21(30)13-29)22(31)28-17-5-6-17/h1-4,7,10,12,17,19,21H,5-6,8-9,11,13H2,(H,28,31)/t19-,21+/m0/s1. The van der Waals surface area contributed by atoms with Crippen molar-refractivity contribution in [3.8, 4) is 0 Å². The molecule has 0 bridgehead atoms. The number of rotatable bonds is 3. The molecule has 0 radical (unpaired) electrons. The Bertz CT molecular complexity index is 1010. The molecule has 31 heavy (non-hydrogen) atoms. The lowest BCUT2D eigenvalue weighted by Gasteiger charge is -2.49. The van der Waals surface area contributed by atoms with Gasteiger partial charge in [0.15, 0.2) is 0 Å². The van der Waals surface area contributed by atoms with Crippen LogP contribution in [0.25, 0.3) is 0 Å². The van der Waals surface area contributed by atoms with Gasteiger partial charge in [-0.3, -0.25) is 4.79 Å². The molecule has 1 amide bonds. The van der Waals surface area contributed by atoms with E-state index in [1.165, 1.54) is 6.07 Å². The number of anilines is 2. The Morgan fingerprint density at radius 3 is 2.61 bits per heavy atom. The van der Waals surface area contributed by atoms with Crippen molar-refractivity contribution in [2.75, 3.05) is 29.4 Å². The molecule has 2 aromatic carbocycles. The molecule has 2 atom stereocenters. The number of carbonyl (C=O) groups is 1. The summed E-state index contributed by atoms with van der Waals surface area (Å²) in [5.41, 5.74) is 1.73. The van der Waals surface area contributed by atoms with Crippen molar-refractivity contribution in [3.63, 3.8) is 0 Å². The Balaban J connectivity index is 1.48. The highest BCUT2D eigenvalue weighted by molar-refractivity contribution is 6.30. The van der Waals surface area contributed by atoms with E-state index in [1.54, 1.807) is 6.07 Å². The van der Waals surface area contributed by atoms with Crippen LogP contribution in [0.5, 0.6) is 0 Å². The second-order valence-electron chi connectivity index (χ2n) is 8.62. The lowest BCUT2D eigenvalue weighted by Crippen LogP contribution is -2.61. The molecule has 0 aromatic heterocycles. The van der Waals surface area contributed by atoms with Gasteiger partial charge in [0.2, 0.25) is 5.91 Å². The van der Waals surface area contributed by atoms with Gasteiger partial charge < -0.3 is 15.1 Å². The summed E-state index contributed by atoms with van der Waals surface area (Å²) >= 11 is 6.17. The van der Waals surface area contributed by atoms with Gasteiger partial charge in [-0.2, -0.15) is 13.2 Å². The van der Waals surface area contributed by atoms with Crippen LogP contribution >= 0.6 is 11.6 Å². The van der Waals surface area contributed by atoms with Crippen LogP contribution in [-0.4, -0.2) is 37.6 Å². The number of halogens is 4. The number of carbonyl (C=O) groups excluding carboxylic acids is 1. The Kier molecular flexibility index (Phi) is 5.04. The summed E-state index contributed by atoms with van der Waals surface area (Å²) in [6.07, 6.45) is -2.15. The highest BCUT2D eigenvalue weighted by atomic mass is 35.5. The quantitative estimate of drug-likeness (QED) is 0.749. The molecule has 0 spiro atoms. The second-order valence-corrected chi connectivity index (χ2v) is 9.06. The molecule has 4 nitrogen and oxygen atoms in total. The van der Waals surface area contributed by atoms with Crippen molar-refractivity contribution in [1.82, 2.24) is 5.32 Å². The Morgan fingerprint density at radius 2 is 1.90 bits per heavy atom. The van der Waals surface area contributed by atoms with Gasteiger partial charge in [0.1, 0.15) is 0 Å². The van der Waals surface area contributed by atoms with Gasteiger partial charge in [0.25, 0.3) is 0 Å². The van der Waals surface area contributed by atoms with E-state index >= 15 is 0 Å². The number of amides is 1.